The molecule has 7 nitrogen and oxygen atoms in total. The van der Waals surface area contributed by atoms with E-state index in [1.165, 1.54) is 11.0 Å². The van der Waals surface area contributed by atoms with Gasteiger partial charge in [0.1, 0.15) is 6.33 Å². The van der Waals surface area contributed by atoms with E-state index in [1.54, 1.807) is 16.0 Å². The molecule has 0 atom stereocenters. The van der Waals surface area contributed by atoms with Gasteiger partial charge >= 0.3 is 0 Å². The molecule has 130 valence electrons. The molecule has 4 aromatic rings. The lowest BCUT2D eigenvalue weighted by Gasteiger charge is -2.06. The van der Waals surface area contributed by atoms with E-state index < -0.39 is 0 Å². The van der Waals surface area contributed by atoms with Crippen LogP contribution >= 0.6 is 11.3 Å². The standard InChI is InChI=1S/C18H16N6OS/c25-17(9-4-10-18-21-15-7-1-2-8-16(15)26-18)20-13-5-3-6-14(11-13)24-12-19-22-23-24/h1-3,5-8,11-12H,4,9-10H2,(H,20,25). The van der Waals surface area contributed by atoms with Gasteiger partial charge in [0.2, 0.25) is 5.91 Å². The highest BCUT2D eigenvalue weighted by Gasteiger charge is 2.07. The first-order chi connectivity index (χ1) is 12.8. The van der Waals surface area contributed by atoms with Crippen molar-refractivity contribution < 1.29 is 4.79 Å². The summed E-state index contributed by atoms with van der Waals surface area (Å²) in [5, 5.41) is 15.1. The number of thiazole rings is 1. The molecule has 0 saturated carbocycles. The second-order valence-electron chi connectivity index (χ2n) is 5.78. The molecule has 0 bridgehead atoms. The predicted octanol–water partition coefficient (Wildman–Crippen LogP) is 3.23. The first-order valence-electron chi connectivity index (χ1n) is 8.26. The maximum absolute atomic E-state index is 12.2. The molecule has 0 aliphatic carbocycles. The summed E-state index contributed by atoms with van der Waals surface area (Å²) in [6.07, 6.45) is 3.53. The van der Waals surface area contributed by atoms with E-state index >= 15 is 0 Å². The second kappa shape index (κ2) is 7.40. The zero-order valence-electron chi connectivity index (χ0n) is 13.9. The zero-order valence-corrected chi connectivity index (χ0v) is 14.7. The van der Waals surface area contributed by atoms with Gasteiger partial charge in [-0.2, -0.15) is 0 Å². The quantitative estimate of drug-likeness (QED) is 0.568. The smallest absolute Gasteiger partial charge is 0.224 e. The Labute approximate surface area is 153 Å². The molecule has 1 amide bonds. The van der Waals surface area contributed by atoms with E-state index in [0.717, 1.165) is 34.7 Å². The Balaban J connectivity index is 1.32. The van der Waals surface area contributed by atoms with Crippen LogP contribution in [0.2, 0.25) is 0 Å². The summed E-state index contributed by atoms with van der Waals surface area (Å²) in [7, 11) is 0. The minimum absolute atomic E-state index is 0.0139. The van der Waals surface area contributed by atoms with Crippen LogP contribution in [0.25, 0.3) is 15.9 Å². The Kier molecular flexibility index (Phi) is 4.65. The summed E-state index contributed by atoms with van der Waals surface area (Å²) < 4.78 is 2.73. The second-order valence-corrected chi connectivity index (χ2v) is 6.90. The number of para-hydroxylation sites is 1. The molecule has 0 aliphatic heterocycles. The highest BCUT2D eigenvalue weighted by atomic mass is 32.1. The largest absolute Gasteiger partial charge is 0.326 e. The molecule has 2 aromatic carbocycles. The van der Waals surface area contributed by atoms with Crippen LogP contribution in [-0.2, 0) is 11.2 Å². The van der Waals surface area contributed by atoms with Crippen LogP contribution in [0.5, 0.6) is 0 Å². The van der Waals surface area contributed by atoms with Crippen molar-refractivity contribution in [3.63, 3.8) is 0 Å². The van der Waals surface area contributed by atoms with Crippen LogP contribution in [-0.4, -0.2) is 31.1 Å². The highest BCUT2D eigenvalue weighted by molar-refractivity contribution is 7.18. The third-order valence-corrected chi connectivity index (χ3v) is 4.97. The van der Waals surface area contributed by atoms with Gasteiger partial charge in [0.25, 0.3) is 0 Å². The number of carbonyl (C=O) groups is 1. The predicted molar refractivity (Wildman–Crippen MR) is 100 cm³/mol. The Morgan fingerprint density at radius 3 is 2.92 bits per heavy atom. The lowest BCUT2D eigenvalue weighted by atomic mass is 10.2. The number of hydrogen-bond acceptors (Lipinski definition) is 6. The third-order valence-electron chi connectivity index (χ3n) is 3.88. The van der Waals surface area contributed by atoms with Gasteiger partial charge in [-0.1, -0.05) is 18.2 Å². The molecule has 1 N–H and O–H groups in total. The van der Waals surface area contributed by atoms with E-state index in [2.05, 4.69) is 31.9 Å². The van der Waals surface area contributed by atoms with Gasteiger partial charge < -0.3 is 5.32 Å². The lowest BCUT2D eigenvalue weighted by Crippen LogP contribution is -2.11. The van der Waals surface area contributed by atoms with Gasteiger partial charge in [0, 0.05) is 12.1 Å². The maximum Gasteiger partial charge on any atom is 0.224 e. The van der Waals surface area contributed by atoms with Crippen molar-refractivity contribution >= 4 is 33.1 Å². The first kappa shape index (κ1) is 16.3. The van der Waals surface area contributed by atoms with Crippen LogP contribution in [0.3, 0.4) is 0 Å². The van der Waals surface area contributed by atoms with Crippen LogP contribution < -0.4 is 5.32 Å². The monoisotopic (exact) mass is 364 g/mol. The lowest BCUT2D eigenvalue weighted by molar-refractivity contribution is -0.116. The number of nitrogens with zero attached hydrogens (tertiary/aromatic N) is 5. The van der Waals surface area contributed by atoms with E-state index in [9.17, 15) is 4.79 Å². The molecule has 0 unspecified atom stereocenters. The van der Waals surface area contributed by atoms with E-state index in [0.29, 0.717) is 6.42 Å². The number of aromatic nitrogens is 5. The van der Waals surface area contributed by atoms with Gasteiger partial charge in [-0.25, -0.2) is 9.67 Å². The van der Waals surface area contributed by atoms with Crippen molar-refractivity contribution in [3.05, 3.63) is 59.9 Å². The fourth-order valence-corrected chi connectivity index (χ4v) is 3.67. The summed E-state index contributed by atoms with van der Waals surface area (Å²) in [4.78, 5) is 16.8. The number of nitrogens with one attached hydrogen (secondary N) is 1. The summed E-state index contributed by atoms with van der Waals surface area (Å²) in [6, 6.07) is 15.5. The number of hydrogen-bond donors (Lipinski definition) is 1. The molecule has 0 fully saturated rings. The number of anilines is 1. The Morgan fingerprint density at radius 2 is 2.08 bits per heavy atom. The van der Waals surface area contributed by atoms with E-state index in [1.807, 2.05) is 42.5 Å². The van der Waals surface area contributed by atoms with Crippen LogP contribution in [0.4, 0.5) is 5.69 Å². The van der Waals surface area contributed by atoms with Gasteiger partial charge in [-0.05, 0) is 53.6 Å². The summed E-state index contributed by atoms with van der Waals surface area (Å²) in [6.45, 7) is 0. The van der Waals surface area contributed by atoms with Gasteiger partial charge in [-0.15, -0.1) is 16.4 Å². The third kappa shape index (κ3) is 3.75. The average molecular weight is 364 g/mol. The molecule has 0 aliphatic rings. The van der Waals surface area contributed by atoms with Crippen LogP contribution in [0, 0.1) is 0 Å². The molecule has 26 heavy (non-hydrogen) atoms. The van der Waals surface area contributed by atoms with Gasteiger partial charge in [0.05, 0.1) is 20.9 Å². The Morgan fingerprint density at radius 1 is 1.15 bits per heavy atom. The molecular weight excluding hydrogens is 348 g/mol. The van der Waals surface area contributed by atoms with Gasteiger partial charge in [-0.3, -0.25) is 4.79 Å². The van der Waals surface area contributed by atoms with Crippen LogP contribution in [0.1, 0.15) is 17.8 Å². The topological polar surface area (TPSA) is 85.6 Å². The van der Waals surface area contributed by atoms with Crippen molar-refractivity contribution in [1.82, 2.24) is 25.2 Å². The average Bonchev–Trinajstić information content (AvgIpc) is 3.31. The molecule has 0 radical (unpaired) electrons. The van der Waals surface area contributed by atoms with Crippen molar-refractivity contribution in [2.45, 2.75) is 19.3 Å². The fourth-order valence-electron chi connectivity index (χ4n) is 2.66. The minimum atomic E-state index is -0.0139. The Hall–Kier alpha value is -3.13. The zero-order chi connectivity index (χ0) is 17.8. The highest BCUT2D eigenvalue weighted by Crippen LogP contribution is 2.22. The minimum Gasteiger partial charge on any atom is -0.326 e. The number of amides is 1. The van der Waals surface area contributed by atoms with Gasteiger partial charge in [0.15, 0.2) is 0 Å². The van der Waals surface area contributed by atoms with Crippen molar-refractivity contribution in [2.24, 2.45) is 0 Å². The number of rotatable bonds is 6. The summed E-state index contributed by atoms with van der Waals surface area (Å²) in [5.74, 6) is -0.0139. The molecule has 0 saturated heterocycles. The molecule has 2 heterocycles. The summed E-state index contributed by atoms with van der Waals surface area (Å²) in [5.41, 5.74) is 2.54. The molecule has 4 rings (SSSR count). The number of fused-ring (bicyclic) bond motifs is 1. The first-order valence-corrected chi connectivity index (χ1v) is 9.07. The SMILES string of the molecule is O=C(CCCc1nc2ccccc2s1)Nc1cccc(-n2cnnn2)c1. The van der Waals surface area contributed by atoms with E-state index in [4.69, 9.17) is 0 Å². The maximum atomic E-state index is 12.2. The molecule has 2 aromatic heterocycles. The number of carbonyl (C=O) groups excluding carboxylic acids is 1. The molecular formula is C18H16N6OS. The molecule has 8 heteroatoms. The van der Waals surface area contributed by atoms with E-state index in [-0.39, 0.29) is 5.91 Å². The normalized spacial score (nSPS) is 10.9. The van der Waals surface area contributed by atoms with Crippen molar-refractivity contribution in [2.75, 3.05) is 5.32 Å². The summed E-state index contributed by atoms with van der Waals surface area (Å²) >= 11 is 1.69. The number of benzene rings is 2. The number of tetrazole rings is 1. The Bertz CT molecular complexity index is 994. The van der Waals surface area contributed by atoms with Crippen LogP contribution in [0.15, 0.2) is 54.9 Å². The fraction of sp³-hybridized carbons (Fsp3) is 0.167. The van der Waals surface area contributed by atoms with Crippen molar-refractivity contribution in [1.29, 1.82) is 0 Å². The van der Waals surface area contributed by atoms with Crippen molar-refractivity contribution in [3.8, 4) is 5.69 Å². The number of aryl methyl sites for hydroxylation is 1. The molecule has 0 spiro atoms.